The smallest absolute Gasteiger partial charge is 0.263 e. The Kier molecular flexibility index (Phi) is 5.50. The summed E-state index contributed by atoms with van der Waals surface area (Å²) < 4.78 is 1.42. The van der Waals surface area contributed by atoms with Gasteiger partial charge in [-0.2, -0.15) is 0 Å². The molecule has 4 rings (SSSR count). The zero-order valence-electron chi connectivity index (χ0n) is 18.3. The fraction of sp³-hybridized carbons (Fsp3) is 0.240. The van der Waals surface area contributed by atoms with Crippen molar-refractivity contribution < 1.29 is 4.79 Å². The third-order valence-electron chi connectivity index (χ3n) is 5.63. The Morgan fingerprint density at radius 1 is 1.00 bits per heavy atom. The van der Waals surface area contributed by atoms with Crippen LogP contribution >= 0.6 is 11.3 Å². The normalized spacial score (nSPS) is 12.2. The van der Waals surface area contributed by atoms with Crippen LogP contribution in [0.2, 0.25) is 0 Å². The summed E-state index contributed by atoms with van der Waals surface area (Å²) in [6.45, 7) is 9.77. The number of hydrogen-bond donors (Lipinski definition) is 1. The molecule has 0 bridgehead atoms. The number of hydrogen-bond acceptors (Lipinski definition) is 4. The Morgan fingerprint density at radius 3 is 2.35 bits per heavy atom. The Labute approximate surface area is 185 Å². The molecule has 0 saturated heterocycles. The molecule has 0 radical (unpaired) electrons. The molecule has 0 fully saturated rings. The predicted octanol–water partition coefficient (Wildman–Crippen LogP) is 5.56. The van der Waals surface area contributed by atoms with Gasteiger partial charge in [0.25, 0.3) is 5.56 Å². The summed E-state index contributed by atoms with van der Waals surface area (Å²) in [6.07, 6.45) is 1.47. The zero-order valence-corrected chi connectivity index (χ0v) is 19.1. The lowest BCUT2D eigenvalue weighted by Gasteiger charge is -2.16. The van der Waals surface area contributed by atoms with E-state index in [0.29, 0.717) is 10.2 Å². The number of benzene rings is 2. The van der Waals surface area contributed by atoms with Crippen molar-refractivity contribution >= 4 is 33.1 Å². The van der Waals surface area contributed by atoms with Gasteiger partial charge in [0.15, 0.2) is 0 Å². The Balaban J connectivity index is 1.73. The van der Waals surface area contributed by atoms with Crippen molar-refractivity contribution in [2.45, 2.75) is 40.7 Å². The third-order valence-corrected chi connectivity index (χ3v) is 6.51. The SMILES string of the molecule is Cc1ccc(NC(=O)C(C)n2cnc3scc(-c4ccc(C)cc4C)c3c2=O)c(C)c1. The molecule has 4 aromatic rings. The van der Waals surface area contributed by atoms with E-state index in [4.69, 9.17) is 0 Å². The summed E-state index contributed by atoms with van der Waals surface area (Å²) in [4.78, 5) is 31.5. The van der Waals surface area contributed by atoms with Crippen LogP contribution in [-0.2, 0) is 4.79 Å². The molecule has 1 atom stereocenters. The first kappa shape index (κ1) is 21.0. The number of aryl methyl sites for hydroxylation is 4. The number of anilines is 1. The van der Waals surface area contributed by atoms with Crippen molar-refractivity contribution in [2.75, 3.05) is 5.32 Å². The number of fused-ring (bicyclic) bond motifs is 1. The molecule has 0 aliphatic heterocycles. The summed E-state index contributed by atoms with van der Waals surface area (Å²) in [5, 5.41) is 5.48. The number of rotatable bonds is 4. The number of carbonyl (C=O) groups excluding carboxylic acids is 1. The molecule has 2 aromatic carbocycles. The molecule has 5 nitrogen and oxygen atoms in total. The van der Waals surface area contributed by atoms with E-state index in [0.717, 1.165) is 33.5 Å². The number of amides is 1. The van der Waals surface area contributed by atoms with Crippen molar-refractivity contribution in [3.8, 4) is 11.1 Å². The zero-order chi connectivity index (χ0) is 22.3. The highest BCUT2D eigenvalue weighted by atomic mass is 32.1. The van der Waals surface area contributed by atoms with E-state index in [1.807, 2.05) is 63.4 Å². The predicted molar refractivity (Wildman–Crippen MR) is 128 cm³/mol. The molecule has 1 N–H and O–H groups in total. The van der Waals surface area contributed by atoms with Gasteiger partial charge < -0.3 is 5.32 Å². The minimum atomic E-state index is -0.697. The van der Waals surface area contributed by atoms with Crippen LogP contribution in [0.5, 0.6) is 0 Å². The minimum absolute atomic E-state index is 0.204. The second-order valence-corrected chi connectivity index (χ2v) is 8.95. The maximum atomic E-state index is 13.4. The largest absolute Gasteiger partial charge is 0.324 e. The fourth-order valence-corrected chi connectivity index (χ4v) is 4.75. The molecule has 0 aliphatic carbocycles. The molecule has 2 heterocycles. The first-order valence-electron chi connectivity index (χ1n) is 10.2. The van der Waals surface area contributed by atoms with Gasteiger partial charge in [-0.05, 0) is 57.4 Å². The standard InChI is InChI=1S/C25H25N3O2S/c1-14-6-8-19(16(3)10-14)20-12-31-24-22(20)25(30)28(13-26-24)18(5)23(29)27-21-9-7-15(2)11-17(21)4/h6-13,18H,1-5H3,(H,27,29). The van der Waals surface area contributed by atoms with Crippen molar-refractivity contribution in [3.05, 3.63) is 80.7 Å². The van der Waals surface area contributed by atoms with Crippen LogP contribution in [-0.4, -0.2) is 15.5 Å². The number of nitrogens with one attached hydrogen (secondary N) is 1. The maximum absolute atomic E-state index is 13.4. The van der Waals surface area contributed by atoms with Gasteiger partial charge >= 0.3 is 0 Å². The van der Waals surface area contributed by atoms with E-state index in [1.165, 1.54) is 27.8 Å². The van der Waals surface area contributed by atoms with Gasteiger partial charge in [-0.3, -0.25) is 14.2 Å². The van der Waals surface area contributed by atoms with Gasteiger partial charge in [0.05, 0.1) is 11.7 Å². The molecule has 6 heteroatoms. The van der Waals surface area contributed by atoms with E-state index in [2.05, 4.69) is 16.4 Å². The highest BCUT2D eigenvalue weighted by molar-refractivity contribution is 7.17. The second kappa shape index (κ2) is 8.12. The molecule has 1 unspecified atom stereocenters. The van der Waals surface area contributed by atoms with Gasteiger partial charge in [0.2, 0.25) is 5.91 Å². The summed E-state index contributed by atoms with van der Waals surface area (Å²) >= 11 is 1.45. The summed E-state index contributed by atoms with van der Waals surface area (Å²) in [5.74, 6) is -0.251. The van der Waals surface area contributed by atoms with Gasteiger partial charge in [-0.15, -0.1) is 11.3 Å². The Hall–Kier alpha value is -3.25. The number of carbonyl (C=O) groups is 1. The lowest BCUT2D eigenvalue weighted by Crippen LogP contribution is -2.31. The lowest BCUT2D eigenvalue weighted by molar-refractivity contribution is -0.118. The quantitative estimate of drug-likeness (QED) is 0.460. The van der Waals surface area contributed by atoms with Crippen LogP contribution < -0.4 is 10.9 Å². The molecular formula is C25H25N3O2S. The van der Waals surface area contributed by atoms with Gasteiger partial charge in [-0.25, -0.2) is 4.98 Å². The summed E-state index contributed by atoms with van der Waals surface area (Å²) in [5.41, 5.74) is 6.82. The molecule has 158 valence electrons. The van der Waals surface area contributed by atoms with E-state index in [-0.39, 0.29) is 11.5 Å². The Morgan fingerprint density at radius 2 is 1.68 bits per heavy atom. The van der Waals surface area contributed by atoms with Crippen LogP contribution in [0.4, 0.5) is 5.69 Å². The topological polar surface area (TPSA) is 64.0 Å². The van der Waals surface area contributed by atoms with Gasteiger partial charge in [-0.1, -0.05) is 41.5 Å². The maximum Gasteiger partial charge on any atom is 0.263 e. The van der Waals surface area contributed by atoms with Crippen molar-refractivity contribution in [1.29, 1.82) is 0 Å². The first-order valence-corrected chi connectivity index (χ1v) is 11.1. The third kappa shape index (κ3) is 3.91. The fourth-order valence-electron chi connectivity index (χ4n) is 3.85. The van der Waals surface area contributed by atoms with Crippen molar-refractivity contribution in [3.63, 3.8) is 0 Å². The highest BCUT2D eigenvalue weighted by Crippen LogP contribution is 2.33. The van der Waals surface area contributed by atoms with E-state index >= 15 is 0 Å². The lowest BCUT2D eigenvalue weighted by atomic mass is 9.99. The van der Waals surface area contributed by atoms with E-state index < -0.39 is 6.04 Å². The van der Waals surface area contributed by atoms with Crippen LogP contribution in [0.1, 0.15) is 35.2 Å². The van der Waals surface area contributed by atoms with Crippen LogP contribution in [0.15, 0.2) is 52.9 Å². The molecule has 31 heavy (non-hydrogen) atoms. The van der Waals surface area contributed by atoms with Crippen molar-refractivity contribution in [2.24, 2.45) is 0 Å². The first-order chi connectivity index (χ1) is 14.8. The van der Waals surface area contributed by atoms with Crippen LogP contribution in [0, 0.1) is 27.7 Å². The van der Waals surface area contributed by atoms with E-state index in [1.54, 1.807) is 6.92 Å². The van der Waals surface area contributed by atoms with Crippen molar-refractivity contribution in [1.82, 2.24) is 9.55 Å². The molecular weight excluding hydrogens is 406 g/mol. The number of aromatic nitrogens is 2. The molecule has 1 amide bonds. The summed E-state index contributed by atoms with van der Waals surface area (Å²) in [6, 6.07) is 11.3. The second-order valence-electron chi connectivity index (χ2n) is 8.09. The van der Waals surface area contributed by atoms with Gasteiger partial charge in [0, 0.05) is 16.6 Å². The van der Waals surface area contributed by atoms with E-state index in [9.17, 15) is 9.59 Å². The number of thiophene rings is 1. The molecule has 0 spiro atoms. The minimum Gasteiger partial charge on any atom is -0.324 e. The Bertz CT molecular complexity index is 1370. The number of nitrogens with zero attached hydrogens (tertiary/aromatic N) is 2. The molecule has 0 saturated carbocycles. The molecule has 0 aliphatic rings. The van der Waals surface area contributed by atoms with Crippen LogP contribution in [0.25, 0.3) is 21.3 Å². The van der Waals surface area contributed by atoms with Crippen LogP contribution in [0.3, 0.4) is 0 Å². The molecule has 2 aromatic heterocycles. The highest BCUT2D eigenvalue weighted by Gasteiger charge is 2.21. The van der Waals surface area contributed by atoms with Gasteiger partial charge in [0.1, 0.15) is 10.9 Å². The monoisotopic (exact) mass is 431 g/mol. The average Bonchev–Trinajstić information content (AvgIpc) is 3.14. The average molecular weight is 432 g/mol. The summed E-state index contributed by atoms with van der Waals surface area (Å²) in [7, 11) is 0.